The molecule has 5 N–H and O–H groups in total. The Bertz CT molecular complexity index is 1270. The van der Waals surface area contributed by atoms with Crippen molar-refractivity contribution in [1.29, 1.82) is 5.26 Å². The van der Waals surface area contributed by atoms with Crippen LogP contribution in [0.5, 0.6) is 0 Å². The van der Waals surface area contributed by atoms with Gasteiger partial charge in [-0.2, -0.15) is 5.26 Å². The summed E-state index contributed by atoms with van der Waals surface area (Å²) < 4.78 is 0. The standard InChI is InChI=1S/C31H43N7/c1-7-19(3)23-12-13-26(34)25(17-32)29(23)22-10-11-24-27(16-22)36-28(8-2)37-30(24)38-15-9-14-31(6,18-38)20(4)35-21(5)33/h12-13,19,22,35H,4-5,7-11,14-16,18,33-34H2,1-3,6H3/t19-,22?,31?/m0/s1. The van der Waals surface area contributed by atoms with Crippen LogP contribution in [0.1, 0.15) is 99.0 Å². The first-order valence-electron chi connectivity index (χ1n) is 14.0. The van der Waals surface area contributed by atoms with Gasteiger partial charge in [-0.1, -0.05) is 46.9 Å². The van der Waals surface area contributed by atoms with Crippen molar-refractivity contribution in [2.45, 2.75) is 84.5 Å². The first-order valence-corrected chi connectivity index (χ1v) is 14.0. The van der Waals surface area contributed by atoms with Crippen LogP contribution in [0, 0.1) is 16.7 Å². The molecule has 1 aliphatic heterocycles. The maximum absolute atomic E-state index is 10.1. The molecular weight excluding hydrogens is 470 g/mol. The zero-order chi connectivity index (χ0) is 27.6. The average molecular weight is 514 g/mol. The zero-order valence-corrected chi connectivity index (χ0v) is 23.5. The van der Waals surface area contributed by atoms with E-state index in [-0.39, 0.29) is 11.3 Å². The van der Waals surface area contributed by atoms with Crippen molar-refractivity contribution >= 4 is 11.5 Å². The molecule has 1 aromatic carbocycles. The number of nitrogens with one attached hydrogen (secondary N) is 1. The minimum absolute atomic E-state index is 0.142. The van der Waals surface area contributed by atoms with Crippen molar-refractivity contribution in [3.63, 3.8) is 0 Å². The van der Waals surface area contributed by atoms with Crippen molar-refractivity contribution in [1.82, 2.24) is 15.3 Å². The van der Waals surface area contributed by atoms with E-state index >= 15 is 0 Å². The van der Waals surface area contributed by atoms with Crippen molar-refractivity contribution in [3.8, 4) is 6.07 Å². The second kappa shape index (κ2) is 11.1. The van der Waals surface area contributed by atoms with Crippen LogP contribution in [0.15, 0.2) is 36.8 Å². The zero-order valence-electron chi connectivity index (χ0n) is 23.5. The van der Waals surface area contributed by atoms with Gasteiger partial charge in [0.2, 0.25) is 0 Å². The molecule has 0 spiro atoms. The highest BCUT2D eigenvalue weighted by Crippen LogP contribution is 2.43. The number of nitrogens with two attached hydrogens (primary N) is 2. The van der Waals surface area contributed by atoms with E-state index in [0.29, 0.717) is 23.0 Å². The lowest BCUT2D eigenvalue weighted by molar-refractivity contribution is 0.303. The molecule has 3 atom stereocenters. The molecule has 38 heavy (non-hydrogen) atoms. The second-order valence-electron chi connectivity index (χ2n) is 11.4. The first-order chi connectivity index (χ1) is 18.1. The van der Waals surface area contributed by atoms with E-state index < -0.39 is 0 Å². The summed E-state index contributed by atoms with van der Waals surface area (Å²) in [6.45, 7) is 18.6. The van der Waals surface area contributed by atoms with Gasteiger partial charge < -0.3 is 21.7 Å². The molecular formula is C31H43N7. The van der Waals surface area contributed by atoms with E-state index in [1.165, 1.54) is 11.1 Å². The Morgan fingerprint density at radius 2 is 2.08 bits per heavy atom. The fourth-order valence-corrected chi connectivity index (χ4v) is 6.19. The third-order valence-electron chi connectivity index (χ3n) is 8.63. The van der Waals surface area contributed by atoms with E-state index in [9.17, 15) is 5.26 Å². The maximum atomic E-state index is 10.1. The molecule has 2 aromatic rings. The minimum Gasteiger partial charge on any atom is -0.398 e. The van der Waals surface area contributed by atoms with Gasteiger partial charge in [-0.05, 0) is 67.6 Å². The Balaban J connectivity index is 1.72. The molecule has 0 saturated carbocycles. The predicted octanol–water partition coefficient (Wildman–Crippen LogP) is 5.42. The quantitative estimate of drug-likeness (QED) is 0.404. The van der Waals surface area contributed by atoms with Gasteiger partial charge in [-0.15, -0.1) is 0 Å². The lowest BCUT2D eigenvalue weighted by Crippen LogP contribution is -2.46. The lowest BCUT2D eigenvalue weighted by atomic mass is 9.75. The minimum atomic E-state index is -0.142. The van der Waals surface area contributed by atoms with E-state index in [4.69, 9.17) is 21.4 Å². The Hall–Kier alpha value is -3.53. The molecule has 4 rings (SSSR count). The van der Waals surface area contributed by atoms with Crippen LogP contribution >= 0.6 is 0 Å². The third kappa shape index (κ3) is 5.22. The summed E-state index contributed by atoms with van der Waals surface area (Å²) in [6, 6.07) is 6.45. The number of fused-ring (bicyclic) bond motifs is 1. The number of nitrogen functional groups attached to an aromatic ring is 1. The topological polar surface area (TPSA) is 117 Å². The lowest BCUT2D eigenvalue weighted by Gasteiger charge is -2.43. The number of aryl methyl sites for hydroxylation is 1. The van der Waals surface area contributed by atoms with Crippen molar-refractivity contribution < 1.29 is 0 Å². The smallest absolute Gasteiger partial charge is 0.135 e. The second-order valence-corrected chi connectivity index (χ2v) is 11.4. The van der Waals surface area contributed by atoms with Gasteiger partial charge in [0.25, 0.3) is 0 Å². The molecule has 7 heteroatoms. The Kier molecular flexibility index (Phi) is 8.01. The number of hydrogen-bond donors (Lipinski definition) is 3. The van der Waals surface area contributed by atoms with Crippen LogP contribution in [0.2, 0.25) is 0 Å². The van der Waals surface area contributed by atoms with Gasteiger partial charge in [-0.3, -0.25) is 0 Å². The van der Waals surface area contributed by atoms with Crippen LogP contribution in [0.3, 0.4) is 0 Å². The molecule has 2 heterocycles. The number of rotatable bonds is 8. The number of hydrogen-bond acceptors (Lipinski definition) is 7. The number of aromatic nitrogens is 2. The monoisotopic (exact) mass is 513 g/mol. The largest absolute Gasteiger partial charge is 0.398 e. The molecule has 1 aromatic heterocycles. The number of piperidine rings is 1. The van der Waals surface area contributed by atoms with Crippen molar-refractivity contribution in [3.05, 3.63) is 70.6 Å². The Morgan fingerprint density at radius 3 is 2.74 bits per heavy atom. The van der Waals surface area contributed by atoms with Gasteiger partial charge in [0, 0.05) is 41.9 Å². The number of nitrogens with zero attached hydrogens (tertiary/aromatic N) is 4. The molecule has 1 fully saturated rings. The van der Waals surface area contributed by atoms with Crippen LogP contribution in [0.25, 0.3) is 0 Å². The number of nitriles is 1. The van der Waals surface area contributed by atoms with Crippen LogP contribution < -0.4 is 21.7 Å². The number of benzene rings is 1. The fourth-order valence-electron chi connectivity index (χ4n) is 6.19. The van der Waals surface area contributed by atoms with E-state index in [2.05, 4.69) is 63.2 Å². The SMILES string of the molecule is C=C(N)NC(=C)C1(C)CCCN(c2nc(CC)nc3c2CCC(c2c([C@@H](C)CC)ccc(N)c2C#N)C3)C1. The molecule has 0 amide bonds. The molecule has 0 bridgehead atoms. The highest BCUT2D eigenvalue weighted by atomic mass is 15.2. The maximum Gasteiger partial charge on any atom is 0.135 e. The van der Waals surface area contributed by atoms with Gasteiger partial charge in [0.1, 0.15) is 17.7 Å². The predicted molar refractivity (Wildman–Crippen MR) is 156 cm³/mol. The van der Waals surface area contributed by atoms with Crippen LogP contribution in [0.4, 0.5) is 11.5 Å². The molecule has 1 aliphatic carbocycles. The average Bonchev–Trinajstić information content (AvgIpc) is 2.91. The van der Waals surface area contributed by atoms with Gasteiger partial charge >= 0.3 is 0 Å². The van der Waals surface area contributed by atoms with E-state index in [1.54, 1.807) is 0 Å². The normalized spacial score (nSPS) is 21.8. The third-order valence-corrected chi connectivity index (χ3v) is 8.63. The molecule has 1 saturated heterocycles. The van der Waals surface area contributed by atoms with E-state index in [1.807, 2.05) is 6.07 Å². The van der Waals surface area contributed by atoms with E-state index in [0.717, 1.165) is 86.6 Å². The summed E-state index contributed by atoms with van der Waals surface area (Å²) in [5.74, 6) is 2.93. The Morgan fingerprint density at radius 1 is 1.32 bits per heavy atom. The fraction of sp³-hybridized carbons (Fsp3) is 0.516. The molecule has 2 unspecified atom stereocenters. The summed E-state index contributed by atoms with van der Waals surface area (Å²) in [4.78, 5) is 12.5. The van der Waals surface area contributed by atoms with Crippen LogP contribution in [-0.4, -0.2) is 23.1 Å². The summed E-state index contributed by atoms with van der Waals surface area (Å²) in [6.07, 6.45) is 6.49. The molecule has 0 radical (unpaired) electrons. The molecule has 2 aliphatic rings. The summed E-state index contributed by atoms with van der Waals surface area (Å²) in [5.41, 5.74) is 18.8. The first kappa shape index (κ1) is 27.5. The number of anilines is 2. The Labute approximate surface area is 228 Å². The summed E-state index contributed by atoms with van der Waals surface area (Å²) in [5, 5.41) is 13.2. The van der Waals surface area contributed by atoms with Gasteiger partial charge in [0.05, 0.1) is 17.1 Å². The van der Waals surface area contributed by atoms with Gasteiger partial charge in [0.15, 0.2) is 0 Å². The van der Waals surface area contributed by atoms with Crippen LogP contribution in [-0.2, 0) is 19.3 Å². The summed E-state index contributed by atoms with van der Waals surface area (Å²) in [7, 11) is 0. The summed E-state index contributed by atoms with van der Waals surface area (Å²) >= 11 is 0. The highest BCUT2D eigenvalue weighted by molar-refractivity contribution is 5.63. The van der Waals surface area contributed by atoms with Crippen molar-refractivity contribution in [2.75, 3.05) is 23.7 Å². The molecule has 7 nitrogen and oxygen atoms in total. The van der Waals surface area contributed by atoms with Gasteiger partial charge in [-0.25, -0.2) is 9.97 Å². The van der Waals surface area contributed by atoms with Crippen molar-refractivity contribution in [2.24, 2.45) is 11.1 Å². The highest BCUT2D eigenvalue weighted by Gasteiger charge is 2.37. The molecule has 202 valence electrons.